The highest BCUT2D eigenvalue weighted by atomic mass is 19.1. The summed E-state index contributed by atoms with van der Waals surface area (Å²) in [5.74, 6) is -0.399. The number of rotatable bonds is 7. The molecule has 4 nitrogen and oxygen atoms in total. The zero-order valence-corrected chi connectivity index (χ0v) is 28.7. The number of phenols is 1. The Bertz CT molecular complexity index is 1450. The number of likely N-dealkylation sites (tertiary alicyclic amines) is 1. The van der Waals surface area contributed by atoms with Crippen molar-refractivity contribution in [3.63, 3.8) is 0 Å². The van der Waals surface area contributed by atoms with E-state index < -0.39 is 0 Å². The molecule has 1 aromatic carbocycles. The molecule has 46 heavy (non-hydrogen) atoms. The first kappa shape index (κ1) is 33.3. The van der Waals surface area contributed by atoms with Crippen LogP contribution in [-0.4, -0.2) is 58.5 Å². The van der Waals surface area contributed by atoms with Crippen LogP contribution in [-0.2, 0) is 6.42 Å². The first-order valence-electron chi connectivity index (χ1n) is 18.4. The highest BCUT2D eigenvalue weighted by molar-refractivity contribution is 6.20. The Hall–Kier alpha value is -2.57. The van der Waals surface area contributed by atoms with Gasteiger partial charge < -0.3 is 5.11 Å². The second-order valence-electron chi connectivity index (χ2n) is 14.5. The number of allylic oxidation sites excluding steroid dienone is 8. The quantitative estimate of drug-likeness (QED) is 0.326. The summed E-state index contributed by atoms with van der Waals surface area (Å²) in [5.41, 5.74) is 5.22. The van der Waals surface area contributed by atoms with Gasteiger partial charge in [-0.3, -0.25) is 14.8 Å². The van der Waals surface area contributed by atoms with E-state index in [1.807, 2.05) is 32.9 Å². The molecular weight excluding hydrogens is 576 g/mol. The third kappa shape index (κ3) is 6.21. The largest absolute Gasteiger partial charge is 0.508 e. The fraction of sp³-hybridized carbons (Fsp3) is 0.625. The van der Waals surface area contributed by atoms with Crippen molar-refractivity contribution in [2.45, 2.75) is 129 Å². The second kappa shape index (κ2) is 13.9. The van der Waals surface area contributed by atoms with Crippen LogP contribution < -0.4 is 0 Å². The summed E-state index contributed by atoms with van der Waals surface area (Å²) in [5, 5.41) is 10.7. The number of benzene rings is 1. The van der Waals surface area contributed by atoms with Gasteiger partial charge in [-0.25, -0.2) is 8.78 Å². The van der Waals surface area contributed by atoms with Crippen LogP contribution in [0.2, 0.25) is 0 Å². The third-order valence-electron chi connectivity index (χ3n) is 12.0. The van der Waals surface area contributed by atoms with Crippen LogP contribution in [0, 0.1) is 5.41 Å². The molecule has 6 aliphatic rings. The SMILES string of the molecule is CC.CCC1=C(F)CCc2cc(O)cc(C3=C(F)C(=N/C(C)N4CCCC5(CCC5)C4)/C(=C\CCC45CCCN4CCC5)C=C3)c21. The van der Waals surface area contributed by atoms with Crippen LogP contribution in [0.1, 0.15) is 128 Å². The molecule has 3 heterocycles. The number of nitrogens with zero attached hydrogens (tertiary/aromatic N) is 3. The first-order chi connectivity index (χ1) is 22.3. The topological polar surface area (TPSA) is 39.1 Å². The summed E-state index contributed by atoms with van der Waals surface area (Å²) in [6, 6.07) is 3.33. The molecule has 0 amide bonds. The molecule has 3 aliphatic carbocycles. The van der Waals surface area contributed by atoms with E-state index in [9.17, 15) is 5.11 Å². The summed E-state index contributed by atoms with van der Waals surface area (Å²) in [7, 11) is 0. The van der Waals surface area contributed by atoms with E-state index in [0.29, 0.717) is 52.6 Å². The number of piperidine rings is 1. The highest BCUT2D eigenvalue weighted by Crippen LogP contribution is 2.48. The molecule has 7 rings (SSSR count). The van der Waals surface area contributed by atoms with Gasteiger partial charge in [-0.05, 0) is 142 Å². The maximum atomic E-state index is 17.0. The van der Waals surface area contributed by atoms with Crippen LogP contribution in [0.25, 0.3) is 11.1 Å². The van der Waals surface area contributed by atoms with E-state index in [0.717, 1.165) is 42.6 Å². The molecule has 1 atom stereocenters. The van der Waals surface area contributed by atoms with Gasteiger partial charge in [0, 0.05) is 30.6 Å². The van der Waals surface area contributed by atoms with E-state index in [-0.39, 0.29) is 23.6 Å². The molecule has 4 fully saturated rings. The number of aromatic hydroxyl groups is 1. The molecule has 6 heteroatoms. The van der Waals surface area contributed by atoms with Crippen LogP contribution >= 0.6 is 0 Å². The number of hydrogen-bond acceptors (Lipinski definition) is 4. The summed E-state index contributed by atoms with van der Waals surface area (Å²) in [6.07, 6.45) is 20.7. The lowest BCUT2D eigenvalue weighted by atomic mass is 9.64. The third-order valence-corrected chi connectivity index (χ3v) is 12.0. The summed E-state index contributed by atoms with van der Waals surface area (Å²) in [4.78, 5) is 10.3. The van der Waals surface area contributed by atoms with Crippen molar-refractivity contribution in [3.8, 4) is 5.75 Å². The second-order valence-corrected chi connectivity index (χ2v) is 14.5. The number of aryl methyl sites for hydroxylation is 1. The maximum Gasteiger partial charge on any atom is 0.156 e. The molecule has 250 valence electrons. The molecule has 1 saturated carbocycles. The van der Waals surface area contributed by atoms with Gasteiger partial charge in [-0.15, -0.1) is 0 Å². The van der Waals surface area contributed by atoms with E-state index >= 15 is 8.78 Å². The fourth-order valence-corrected chi connectivity index (χ4v) is 9.48. The van der Waals surface area contributed by atoms with E-state index in [4.69, 9.17) is 4.99 Å². The van der Waals surface area contributed by atoms with Gasteiger partial charge in [0.15, 0.2) is 5.83 Å². The van der Waals surface area contributed by atoms with Crippen molar-refractivity contribution < 1.29 is 13.9 Å². The molecule has 1 unspecified atom stereocenters. The first-order valence-corrected chi connectivity index (χ1v) is 18.4. The van der Waals surface area contributed by atoms with Gasteiger partial charge in [0.05, 0.1) is 6.17 Å². The van der Waals surface area contributed by atoms with Crippen molar-refractivity contribution in [3.05, 3.63) is 64.3 Å². The number of aliphatic imine (C=N–C) groups is 1. The van der Waals surface area contributed by atoms with Crippen molar-refractivity contribution in [2.75, 3.05) is 26.2 Å². The molecule has 0 aromatic heterocycles. The van der Waals surface area contributed by atoms with Crippen LogP contribution in [0.4, 0.5) is 8.78 Å². The predicted octanol–water partition coefficient (Wildman–Crippen LogP) is 10.1. The molecule has 1 spiro atoms. The zero-order chi connectivity index (χ0) is 32.5. The normalized spacial score (nSPS) is 26.3. The fourth-order valence-electron chi connectivity index (χ4n) is 9.48. The lowest BCUT2D eigenvalue weighted by molar-refractivity contribution is 0.00471. The average molecular weight is 632 g/mol. The van der Waals surface area contributed by atoms with Crippen LogP contribution in [0.3, 0.4) is 0 Å². The molecule has 1 aromatic rings. The Kier molecular flexibility index (Phi) is 10.1. The van der Waals surface area contributed by atoms with Gasteiger partial charge in [0.25, 0.3) is 0 Å². The van der Waals surface area contributed by atoms with Crippen molar-refractivity contribution in [1.29, 1.82) is 0 Å². The monoisotopic (exact) mass is 631 g/mol. The lowest BCUT2D eigenvalue weighted by Gasteiger charge is -2.50. The van der Waals surface area contributed by atoms with Gasteiger partial charge in [0.1, 0.15) is 17.3 Å². The van der Waals surface area contributed by atoms with Crippen molar-refractivity contribution in [1.82, 2.24) is 9.80 Å². The molecule has 0 radical (unpaired) electrons. The Morgan fingerprint density at radius 3 is 2.37 bits per heavy atom. The Balaban J connectivity index is 0.00000182. The van der Waals surface area contributed by atoms with Crippen molar-refractivity contribution >= 4 is 16.9 Å². The molecular formula is C40H55F2N3O. The van der Waals surface area contributed by atoms with Gasteiger partial charge in [0.2, 0.25) is 0 Å². The summed E-state index contributed by atoms with van der Waals surface area (Å²) in [6.45, 7) is 12.5. The maximum absolute atomic E-state index is 17.0. The zero-order valence-electron chi connectivity index (χ0n) is 28.7. The van der Waals surface area contributed by atoms with Gasteiger partial charge in [-0.2, -0.15) is 0 Å². The Labute approximate surface area is 276 Å². The lowest BCUT2D eigenvalue weighted by Crippen LogP contribution is -2.49. The predicted molar refractivity (Wildman–Crippen MR) is 187 cm³/mol. The minimum Gasteiger partial charge on any atom is -0.508 e. The van der Waals surface area contributed by atoms with Gasteiger partial charge in [-0.1, -0.05) is 45.4 Å². The highest BCUT2D eigenvalue weighted by Gasteiger charge is 2.44. The molecule has 0 bridgehead atoms. The number of hydrogen-bond donors (Lipinski definition) is 1. The molecule has 3 saturated heterocycles. The Morgan fingerprint density at radius 2 is 1.67 bits per heavy atom. The van der Waals surface area contributed by atoms with Crippen LogP contribution in [0.15, 0.2) is 52.6 Å². The minimum absolute atomic E-state index is 0.0921. The minimum atomic E-state index is -0.364. The Morgan fingerprint density at radius 1 is 0.957 bits per heavy atom. The average Bonchev–Trinajstić information content (AvgIpc) is 3.63. The molecule has 3 aliphatic heterocycles. The van der Waals surface area contributed by atoms with E-state index in [2.05, 4.69) is 22.8 Å². The smallest absolute Gasteiger partial charge is 0.156 e. The van der Waals surface area contributed by atoms with Crippen LogP contribution in [0.5, 0.6) is 5.75 Å². The number of halogens is 2. The molecule has 1 N–H and O–H groups in total. The van der Waals surface area contributed by atoms with E-state index in [1.54, 1.807) is 12.1 Å². The summed E-state index contributed by atoms with van der Waals surface area (Å²) >= 11 is 0. The standard InChI is InChI=1S/C38H49F2N3O.C2H6/c1-3-30-33(39)13-11-28-23-29(44)24-32(34(28)30)31-12-10-27(9-4-17-38-18-7-21-43(38)22-8-19-38)36(35(31)40)41-26(2)42-20-6-16-37(25-42)14-5-15-37;1-2/h9-10,12,23-24,26,44H,3-8,11,13-22,25H2,1-2H3;1-2H3/b27-9-,41-36+;. The van der Waals surface area contributed by atoms with E-state index in [1.165, 1.54) is 70.9 Å². The summed E-state index contributed by atoms with van der Waals surface area (Å²) < 4.78 is 32.1. The number of fused-ring (bicyclic) bond motifs is 2. The van der Waals surface area contributed by atoms with Crippen molar-refractivity contribution in [2.24, 2.45) is 10.4 Å². The number of phenolic OH excluding ortho intramolecular Hbond substituents is 1. The van der Waals surface area contributed by atoms with Gasteiger partial charge >= 0.3 is 0 Å².